The Morgan fingerprint density at radius 1 is 1.14 bits per heavy atom. The molecule has 2 unspecified atom stereocenters. The molecule has 0 radical (unpaired) electrons. The number of hydrogen-bond acceptors (Lipinski definition) is 4. The summed E-state index contributed by atoms with van der Waals surface area (Å²) in [7, 11) is -2.92. The van der Waals surface area contributed by atoms with Gasteiger partial charge in [0.15, 0.2) is 0 Å². The second-order valence-electron chi connectivity index (χ2n) is 5.83. The van der Waals surface area contributed by atoms with Crippen LogP contribution in [-0.4, -0.2) is 42.8 Å². The normalized spacial score (nSPS) is 29.8. The van der Waals surface area contributed by atoms with E-state index in [1.165, 1.54) is 0 Å². The number of rotatable bonds is 2. The molecular weight excluding hydrogens is 288 g/mol. The molecule has 21 heavy (non-hydrogen) atoms. The number of nitrogens with zero attached hydrogens (tertiary/aromatic N) is 1. The monoisotopic (exact) mass is 308 g/mol. The molecule has 2 saturated heterocycles. The van der Waals surface area contributed by atoms with Gasteiger partial charge in [0.2, 0.25) is 5.91 Å². The maximum absolute atomic E-state index is 12.5. The molecule has 6 heteroatoms. The Kier molecular flexibility index (Phi) is 3.75. The van der Waals surface area contributed by atoms with E-state index in [1.807, 2.05) is 42.2 Å². The first-order valence-corrected chi connectivity index (χ1v) is 9.14. The van der Waals surface area contributed by atoms with Gasteiger partial charge in [0.05, 0.1) is 17.5 Å². The van der Waals surface area contributed by atoms with Gasteiger partial charge in [0.1, 0.15) is 16.0 Å². The van der Waals surface area contributed by atoms with E-state index in [4.69, 9.17) is 0 Å². The van der Waals surface area contributed by atoms with Crippen molar-refractivity contribution in [2.45, 2.75) is 38.0 Å². The van der Waals surface area contributed by atoms with E-state index in [-0.39, 0.29) is 35.7 Å². The van der Waals surface area contributed by atoms with Crippen molar-refractivity contribution in [3.05, 3.63) is 35.9 Å². The van der Waals surface area contributed by atoms with Gasteiger partial charge in [-0.15, -0.1) is 0 Å². The van der Waals surface area contributed by atoms with Crippen LogP contribution in [0.5, 0.6) is 0 Å². The molecule has 3 rings (SSSR count). The van der Waals surface area contributed by atoms with Crippen molar-refractivity contribution in [1.29, 1.82) is 0 Å². The zero-order valence-corrected chi connectivity index (χ0v) is 12.8. The zero-order chi connectivity index (χ0) is 15.0. The van der Waals surface area contributed by atoms with E-state index in [0.29, 0.717) is 12.8 Å². The average Bonchev–Trinajstić information content (AvgIpc) is 2.76. The Morgan fingerprint density at radius 2 is 1.76 bits per heavy atom. The van der Waals surface area contributed by atoms with Gasteiger partial charge in [-0.05, 0) is 25.3 Å². The van der Waals surface area contributed by atoms with E-state index in [1.54, 1.807) is 0 Å². The van der Waals surface area contributed by atoms with Gasteiger partial charge in [0.25, 0.3) is 0 Å². The molecule has 1 aromatic carbocycles. The summed E-state index contributed by atoms with van der Waals surface area (Å²) in [6.45, 7) is 1.86. The Bertz CT molecular complexity index is 616. The predicted molar refractivity (Wildman–Crippen MR) is 80.3 cm³/mol. The summed E-state index contributed by atoms with van der Waals surface area (Å²) in [5, 5.41) is 3.31. The number of carbonyl (C=O) groups is 1. The zero-order valence-electron chi connectivity index (χ0n) is 12.0. The van der Waals surface area contributed by atoms with Crippen molar-refractivity contribution < 1.29 is 13.2 Å². The van der Waals surface area contributed by atoms with Crippen LogP contribution >= 0.6 is 0 Å². The van der Waals surface area contributed by atoms with Gasteiger partial charge in [-0.3, -0.25) is 10.1 Å². The molecular formula is C15H20N2O3S. The third-order valence-electron chi connectivity index (χ3n) is 4.34. The fourth-order valence-corrected chi connectivity index (χ4v) is 4.64. The van der Waals surface area contributed by atoms with Crippen LogP contribution in [0.15, 0.2) is 30.3 Å². The summed E-state index contributed by atoms with van der Waals surface area (Å²) in [5.74, 6) is 0.419. The molecule has 2 fully saturated rings. The van der Waals surface area contributed by atoms with Gasteiger partial charge in [-0.1, -0.05) is 30.3 Å². The minimum absolute atomic E-state index is 0.00341. The Balaban J connectivity index is 1.85. The standard InChI is InChI=1S/C15H20N2O3S/c1-11-15(18)17(13-7-9-21(19,20)10-8-13)14(16-11)12-5-3-2-4-6-12/h2-6,11,13-14,16H,7-10H2,1H3. The summed E-state index contributed by atoms with van der Waals surface area (Å²) in [5.41, 5.74) is 1.05. The predicted octanol–water partition coefficient (Wildman–Crippen LogP) is 1.08. The van der Waals surface area contributed by atoms with Crippen LogP contribution in [0.1, 0.15) is 31.5 Å². The van der Waals surface area contributed by atoms with Crippen LogP contribution in [-0.2, 0) is 14.6 Å². The molecule has 2 aliphatic rings. The van der Waals surface area contributed by atoms with Gasteiger partial charge in [0, 0.05) is 6.04 Å². The van der Waals surface area contributed by atoms with Gasteiger partial charge in [-0.2, -0.15) is 0 Å². The van der Waals surface area contributed by atoms with Crippen LogP contribution in [0, 0.1) is 0 Å². The Labute approximate surface area is 125 Å². The lowest BCUT2D eigenvalue weighted by atomic mass is 10.1. The molecule has 2 heterocycles. The van der Waals surface area contributed by atoms with E-state index < -0.39 is 9.84 Å². The summed E-state index contributed by atoms with van der Waals surface area (Å²) in [6.07, 6.45) is 0.914. The summed E-state index contributed by atoms with van der Waals surface area (Å²) >= 11 is 0. The number of nitrogens with one attached hydrogen (secondary N) is 1. The lowest BCUT2D eigenvalue weighted by Crippen LogP contribution is -2.44. The second-order valence-corrected chi connectivity index (χ2v) is 8.13. The SMILES string of the molecule is CC1NC(c2ccccc2)N(C2CCS(=O)(=O)CC2)C1=O. The minimum Gasteiger partial charge on any atom is -0.319 e. The van der Waals surface area contributed by atoms with Crippen LogP contribution in [0.3, 0.4) is 0 Å². The highest BCUT2D eigenvalue weighted by Gasteiger charge is 2.42. The van der Waals surface area contributed by atoms with Crippen molar-refractivity contribution in [1.82, 2.24) is 10.2 Å². The molecule has 1 amide bonds. The molecule has 1 N–H and O–H groups in total. The first-order valence-electron chi connectivity index (χ1n) is 7.31. The lowest BCUT2D eigenvalue weighted by molar-refractivity contribution is -0.132. The van der Waals surface area contributed by atoms with Crippen molar-refractivity contribution in [3.63, 3.8) is 0 Å². The number of hydrogen-bond donors (Lipinski definition) is 1. The number of carbonyl (C=O) groups excluding carboxylic acids is 1. The minimum atomic E-state index is -2.92. The highest BCUT2D eigenvalue weighted by molar-refractivity contribution is 7.91. The molecule has 0 aliphatic carbocycles. The topological polar surface area (TPSA) is 66.5 Å². The van der Waals surface area contributed by atoms with Gasteiger partial charge >= 0.3 is 0 Å². The van der Waals surface area contributed by atoms with Crippen LogP contribution in [0.4, 0.5) is 0 Å². The smallest absolute Gasteiger partial charge is 0.241 e. The molecule has 0 aromatic heterocycles. The number of benzene rings is 1. The molecule has 0 bridgehead atoms. The van der Waals surface area contributed by atoms with E-state index in [2.05, 4.69) is 5.32 Å². The number of sulfone groups is 1. The maximum Gasteiger partial charge on any atom is 0.241 e. The molecule has 5 nitrogen and oxygen atoms in total. The van der Waals surface area contributed by atoms with Crippen molar-refractivity contribution in [2.75, 3.05) is 11.5 Å². The highest BCUT2D eigenvalue weighted by atomic mass is 32.2. The van der Waals surface area contributed by atoms with Crippen molar-refractivity contribution in [2.24, 2.45) is 0 Å². The van der Waals surface area contributed by atoms with Crippen LogP contribution in [0.25, 0.3) is 0 Å². The first-order chi connectivity index (χ1) is 9.98. The fraction of sp³-hybridized carbons (Fsp3) is 0.533. The Hall–Kier alpha value is -1.40. The molecule has 0 spiro atoms. The fourth-order valence-electron chi connectivity index (χ4n) is 3.18. The Morgan fingerprint density at radius 3 is 2.38 bits per heavy atom. The quantitative estimate of drug-likeness (QED) is 0.888. The third-order valence-corrected chi connectivity index (χ3v) is 6.06. The molecule has 2 aliphatic heterocycles. The van der Waals surface area contributed by atoms with Crippen molar-refractivity contribution >= 4 is 15.7 Å². The maximum atomic E-state index is 12.5. The first kappa shape index (κ1) is 14.5. The molecule has 2 atom stereocenters. The average molecular weight is 308 g/mol. The lowest BCUT2D eigenvalue weighted by Gasteiger charge is -2.35. The number of amides is 1. The highest BCUT2D eigenvalue weighted by Crippen LogP contribution is 2.31. The van der Waals surface area contributed by atoms with E-state index >= 15 is 0 Å². The summed E-state index contributed by atoms with van der Waals surface area (Å²) in [4.78, 5) is 14.3. The molecule has 1 aromatic rings. The van der Waals surface area contributed by atoms with E-state index in [0.717, 1.165) is 5.56 Å². The third kappa shape index (κ3) is 2.82. The second kappa shape index (κ2) is 5.42. The van der Waals surface area contributed by atoms with Gasteiger partial charge < -0.3 is 4.90 Å². The summed E-state index contributed by atoms with van der Waals surface area (Å²) < 4.78 is 23.2. The molecule has 114 valence electrons. The van der Waals surface area contributed by atoms with Crippen LogP contribution in [0.2, 0.25) is 0 Å². The van der Waals surface area contributed by atoms with Gasteiger partial charge in [-0.25, -0.2) is 8.42 Å². The van der Waals surface area contributed by atoms with Crippen LogP contribution < -0.4 is 5.32 Å². The van der Waals surface area contributed by atoms with E-state index in [9.17, 15) is 13.2 Å². The molecule has 0 saturated carbocycles. The summed E-state index contributed by atoms with van der Waals surface area (Å²) in [6, 6.07) is 9.62. The van der Waals surface area contributed by atoms with Crippen molar-refractivity contribution in [3.8, 4) is 0 Å². The largest absolute Gasteiger partial charge is 0.319 e.